The van der Waals surface area contributed by atoms with Crippen LogP contribution in [0.3, 0.4) is 0 Å². The highest BCUT2D eigenvalue weighted by atomic mass is 14.6. The van der Waals surface area contributed by atoms with E-state index in [9.17, 15) is 0 Å². The summed E-state index contributed by atoms with van der Waals surface area (Å²) in [5, 5.41) is 0. The molecule has 2 aliphatic rings. The van der Waals surface area contributed by atoms with Crippen molar-refractivity contribution in [3.8, 4) is 0 Å². The Morgan fingerprint density at radius 1 is 1.29 bits per heavy atom. The second-order valence-corrected chi connectivity index (χ2v) is 4.93. The molecule has 17 heavy (non-hydrogen) atoms. The first kappa shape index (κ1) is 12.2. The molecule has 0 aromatic carbocycles. The van der Waals surface area contributed by atoms with E-state index < -0.39 is 0 Å². The topological polar surface area (TPSA) is 0 Å². The van der Waals surface area contributed by atoms with Crippen LogP contribution in [-0.4, -0.2) is 0 Å². The summed E-state index contributed by atoms with van der Waals surface area (Å²) in [4.78, 5) is 0. The lowest BCUT2D eigenvalue weighted by Crippen LogP contribution is -2.05. The van der Waals surface area contributed by atoms with Gasteiger partial charge in [-0.3, -0.25) is 0 Å². The first-order valence-corrected chi connectivity index (χ1v) is 6.63. The zero-order chi connectivity index (χ0) is 12.3. The molecule has 0 heterocycles. The molecule has 0 N–H and O–H groups in total. The Kier molecular flexibility index (Phi) is 3.51. The molecular formula is C17H22. The Bertz CT molecular complexity index is 417. The largest absolute Gasteiger partial charge is 0.0848 e. The molecular weight excluding hydrogens is 204 g/mol. The molecule has 90 valence electrons. The smallest absolute Gasteiger partial charge is 0.0229 e. The van der Waals surface area contributed by atoms with Gasteiger partial charge in [-0.1, -0.05) is 68.5 Å². The third-order valence-electron chi connectivity index (χ3n) is 4.11. The van der Waals surface area contributed by atoms with E-state index in [0.717, 1.165) is 12.3 Å². The molecule has 0 bridgehead atoms. The van der Waals surface area contributed by atoms with Crippen molar-refractivity contribution in [2.45, 2.75) is 27.2 Å². The Morgan fingerprint density at radius 2 is 2.12 bits per heavy atom. The highest BCUT2D eigenvalue weighted by Gasteiger charge is 2.60. The molecule has 0 heteroatoms. The summed E-state index contributed by atoms with van der Waals surface area (Å²) >= 11 is 0. The van der Waals surface area contributed by atoms with Gasteiger partial charge >= 0.3 is 0 Å². The standard InChI is InChI=1S/C17H22/c1-4-6-7-8-11-15(5-2)17-13-10-9-12-16(17)14(17)3/h5-14,16H,4H2,1-3H3/b7-6-,11-8-,15-5-. The van der Waals surface area contributed by atoms with Gasteiger partial charge in [0.05, 0.1) is 0 Å². The second-order valence-electron chi connectivity index (χ2n) is 4.93. The molecule has 0 aromatic rings. The van der Waals surface area contributed by atoms with Gasteiger partial charge in [0.15, 0.2) is 0 Å². The lowest BCUT2D eigenvalue weighted by molar-refractivity contribution is 0.699. The van der Waals surface area contributed by atoms with E-state index in [2.05, 4.69) is 75.5 Å². The zero-order valence-electron chi connectivity index (χ0n) is 11.1. The fraction of sp³-hybridized carbons (Fsp3) is 0.412. The molecule has 0 amide bonds. The molecule has 0 aliphatic heterocycles. The quantitative estimate of drug-likeness (QED) is 0.602. The minimum absolute atomic E-state index is 0.292. The summed E-state index contributed by atoms with van der Waals surface area (Å²) in [5.41, 5.74) is 1.75. The summed E-state index contributed by atoms with van der Waals surface area (Å²) in [5.74, 6) is 1.45. The molecule has 1 fully saturated rings. The third-order valence-corrected chi connectivity index (χ3v) is 4.11. The molecule has 0 saturated heterocycles. The highest BCUT2D eigenvalue weighted by Crippen LogP contribution is 2.66. The fourth-order valence-corrected chi connectivity index (χ4v) is 3.02. The maximum Gasteiger partial charge on any atom is 0.0229 e. The predicted octanol–water partition coefficient (Wildman–Crippen LogP) is 4.83. The van der Waals surface area contributed by atoms with Crippen molar-refractivity contribution in [3.63, 3.8) is 0 Å². The molecule has 2 aliphatic carbocycles. The predicted molar refractivity (Wildman–Crippen MR) is 75.7 cm³/mol. The van der Waals surface area contributed by atoms with Crippen molar-refractivity contribution in [2.75, 3.05) is 0 Å². The van der Waals surface area contributed by atoms with E-state index >= 15 is 0 Å². The van der Waals surface area contributed by atoms with Gasteiger partial charge in [0.1, 0.15) is 0 Å². The summed E-state index contributed by atoms with van der Waals surface area (Å²) in [6.07, 6.45) is 21.2. The second kappa shape index (κ2) is 4.91. The summed E-state index contributed by atoms with van der Waals surface area (Å²) in [6.45, 7) is 6.66. The van der Waals surface area contributed by atoms with Crippen LogP contribution >= 0.6 is 0 Å². The van der Waals surface area contributed by atoms with Gasteiger partial charge in [0, 0.05) is 5.41 Å². The average Bonchev–Trinajstić information content (AvgIpc) is 2.97. The van der Waals surface area contributed by atoms with E-state index in [1.54, 1.807) is 0 Å². The SMILES string of the molecule is C/C=C(/C=C\C=C/CC)C12C=CC=CC1C2C. The van der Waals surface area contributed by atoms with E-state index in [-0.39, 0.29) is 0 Å². The number of hydrogen-bond donors (Lipinski definition) is 0. The van der Waals surface area contributed by atoms with Gasteiger partial charge in [0.25, 0.3) is 0 Å². The molecule has 1 saturated carbocycles. The number of hydrogen-bond acceptors (Lipinski definition) is 0. The molecule has 0 radical (unpaired) electrons. The van der Waals surface area contributed by atoms with Gasteiger partial charge in [0.2, 0.25) is 0 Å². The third kappa shape index (κ3) is 1.97. The number of allylic oxidation sites excluding steroid dienone is 10. The lowest BCUT2D eigenvalue weighted by Gasteiger charge is -2.16. The Hall–Kier alpha value is -1.30. The van der Waals surface area contributed by atoms with Crippen LogP contribution < -0.4 is 0 Å². The minimum Gasteiger partial charge on any atom is -0.0848 e. The first-order chi connectivity index (χ1) is 8.27. The van der Waals surface area contributed by atoms with Gasteiger partial charge in [-0.2, -0.15) is 0 Å². The van der Waals surface area contributed by atoms with Crippen molar-refractivity contribution in [2.24, 2.45) is 17.3 Å². The van der Waals surface area contributed by atoms with Gasteiger partial charge in [-0.25, -0.2) is 0 Å². The van der Waals surface area contributed by atoms with Crippen LogP contribution in [0.5, 0.6) is 0 Å². The van der Waals surface area contributed by atoms with Crippen molar-refractivity contribution in [1.82, 2.24) is 0 Å². The Balaban J connectivity index is 2.16. The summed E-state index contributed by atoms with van der Waals surface area (Å²) < 4.78 is 0. The van der Waals surface area contributed by atoms with Gasteiger partial charge in [-0.05, 0) is 30.8 Å². The minimum atomic E-state index is 0.292. The zero-order valence-corrected chi connectivity index (χ0v) is 11.1. The van der Waals surface area contributed by atoms with E-state index in [0.29, 0.717) is 11.3 Å². The van der Waals surface area contributed by atoms with Crippen molar-refractivity contribution in [3.05, 3.63) is 60.3 Å². The van der Waals surface area contributed by atoms with Gasteiger partial charge in [-0.15, -0.1) is 0 Å². The first-order valence-electron chi connectivity index (χ1n) is 6.63. The Morgan fingerprint density at radius 3 is 2.76 bits per heavy atom. The van der Waals surface area contributed by atoms with E-state index in [1.807, 2.05) is 0 Å². The number of rotatable bonds is 4. The maximum atomic E-state index is 2.38. The summed E-state index contributed by atoms with van der Waals surface area (Å²) in [6, 6.07) is 0. The molecule has 0 nitrogen and oxygen atoms in total. The monoisotopic (exact) mass is 226 g/mol. The average molecular weight is 226 g/mol. The van der Waals surface area contributed by atoms with Crippen molar-refractivity contribution in [1.29, 1.82) is 0 Å². The summed E-state index contributed by atoms with van der Waals surface area (Å²) in [7, 11) is 0. The van der Waals surface area contributed by atoms with Crippen molar-refractivity contribution >= 4 is 0 Å². The molecule has 3 unspecified atom stereocenters. The lowest BCUT2D eigenvalue weighted by atomic mass is 9.88. The molecule has 0 aromatic heterocycles. The van der Waals surface area contributed by atoms with Crippen LogP contribution in [-0.2, 0) is 0 Å². The van der Waals surface area contributed by atoms with Gasteiger partial charge < -0.3 is 0 Å². The van der Waals surface area contributed by atoms with Crippen LogP contribution in [0, 0.1) is 17.3 Å². The van der Waals surface area contributed by atoms with Crippen molar-refractivity contribution < 1.29 is 0 Å². The molecule has 0 spiro atoms. The van der Waals surface area contributed by atoms with Crippen LogP contribution in [0.1, 0.15) is 27.2 Å². The Labute approximate surface area is 105 Å². The van der Waals surface area contributed by atoms with Crippen LogP contribution in [0.25, 0.3) is 0 Å². The van der Waals surface area contributed by atoms with Crippen LogP contribution in [0.2, 0.25) is 0 Å². The molecule has 2 rings (SSSR count). The molecule has 3 atom stereocenters. The maximum absolute atomic E-state index is 2.38. The van der Waals surface area contributed by atoms with E-state index in [4.69, 9.17) is 0 Å². The fourth-order valence-electron chi connectivity index (χ4n) is 3.02. The van der Waals surface area contributed by atoms with Crippen LogP contribution in [0.15, 0.2) is 60.3 Å². The normalized spacial score (nSPS) is 35.8. The van der Waals surface area contributed by atoms with Crippen LogP contribution in [0.4, 0.5) is 0 Å². The van der Waals surface area contributed by atoms with E-state index in [1.165, 1.54) is 5.57 Å². The number of fused-ring (bicyclic) bond motifs is 1. The highest BCUT2D eigenvalue weighted by molar-refractivity contribution is 5.47.